The molecule has 0 radical (unpaired) electrons. The molecule has 4 rings (SSSR count). The van der Waals surface area contributed by atoms with Gasteiger partial charge in [0.2, 0.25) is 5.13 Å². The SMILES string of the molecule is O=C(Nc1nnc(-c2ccc(Oc3ccc(F)cc3)cc2)s1)c1ccccc1. The molecule has 0 atom stereocenters. The van der Waals surface area contributed by atoms with Crippen LogP contribution in [0.1, 0.15) is 10.4 Å². The van der Waals surface area contributed by atoms with Crippen LogP contribution in [0.4, 0.5) is 9.52 Å². The molecule has 1 aromatic heterocycles. The van der Waals surface area contributed by atoms with Crippen molar-refractivity contribution in [1.82, 2.24) is 10.2 Å². The van der Waals surface area contributed by atoms with E-state index in [4.69, 9.17) is 4.74 Å². The molecule has 0 aliphatic carbocycles. The molecule has 1 heterocycles. The van der Waals surface area contributed by atoms with E-state index >= 15 is 0 Å². The van der Waals surface area contributed by atoms with E-state index < -0.39 is 0 Å². The average molecular weight is 391 g/mol. The molecule has 7 heteroatoms. The molecule has 0 aliphatic heterocycles. The molecule has 0 unspecified atom stereocenters. The quantitative estimate of drug-likeness (QED) is 0.495. The van der Waals surface area contributed by atoms with Gasteiger partial charge in [0.25, 0.3) is 5.91 Å². The van der Waals surface area contributed by atoms with Gasteiger partial charge in [-0.2, -0.15) is 0 Å². The van der Waals surface area contributed by atoms with Gasteiger partial charge in [-0.25, -0.2) is 4.39 Å². The Morgan fingerprint density at radius 2 is 1.50 bits per heavy atom. The lowest BCUT2D eigenvalue weighted by Gasteiger charge is -2.05. The molecule has 0 bridgehead atoms. The molecular formula is C21H14FN3O2S. The summed E-state index contributed by atoms with van der Waals surface area (Å²) in [5.74, 6) is 0.633. The molecule has 28 heavy (non-hydrogen) atoms. The van der Waals surface area contributed by atoms with Crippen LogP contribution >= 0.6 is 11.3 Å². The fourth-order valence-electron chi connectivity index (χ4n) is 2.45. The lowest BCUT2D eigenvalue weighted by atomic mass is 10.2. The number of aromatic nitrogens is 2. The maximum absolute atomic E-state index is 13.0. The predicted octanol–water partition coefficient (Wildman–Crippen LogP) is 5.39. The molecule has 0 aliphatic rings. The highest BCUT2D eigenvalue weighted by molar-refractivity contribution is 7.18. The number of carbonyl (C=O) groups excluding carboxylic acids is 1. The number of rotatable bonds is 5. The molecule has 3 aromatic carbocycles. The first-order valence-corrected chi connectivity index (χ1v) is 9.23. The number of anilines is 1. The highest BCUT2D eigenvalue weighted by atomic mass is 32.1. The van der Waals surface area contributed by atoms with Gasteiger partial charge in [0.05, 0.1) is 0 Å². The third-order valence-corrected chi connectivity index (χ3v) is 4.72. The second kappa shape index (κ2) is 7.98. The van der Waals surface area contributed by atoms with Crippen LogP contribution < -0.4 is 10.1 Å². The molecule has 1 amide bonds. The average Bonchev–Trinajstić information content (AvgIpc) is 3.19. The molecule has 0 spiro atoms. The van der Waals surface area contributed by atoms with Gasteiger partial charge in [-0.1, -0.05) is 29.5 Å². The van der Waals surface area contributed by atoms with Crippen molar-refractivity contribution in [3.05, 3.63) is 90.2 Å². The van der Waals surface area contributed by atoms with E-state index in [1.54, 1.807) is 48.5 Å². The van der Waals surface area contributed by atoms with E-state index in [0.717, 1.165) is 5.56 Å². The summed E-state index contributed by atoms with van der Waals surface area (Å²) in [6, 6.07) is 22.0. The van der Waals surface area contributed by atoms with E-state index in [-0.39, 0.29) is 11.7 Å². The number of benzene rings is 3. The summed E-state index contributed by atoms with van der Waals surface area (Å²) in [5, 5.41) is 12.0. The topological polar surface area (TPSA) is 64.1 Å². The van der Waals surface area contributed by atoms with Gasteiger partial charge in [0.1, 0.15) is 22.3 Å². The highest BCUT2D eigenvalue weighted by Gasteiger charge is 2.11. The fourth-order valence-corrected chi connectivity index (χ4v) is 3.20. The van der Waals surface area contributed by atoms with E-state index in [2.05, 4.69) is 15.5 Å². The largest absolute Gasteiger partial charge is 0.457 e. The summed E-state index contributed by atoms with van der Waals surface area (Å²) in [4.78, 5) is 12.2. The van der Waals surface area contributed by atoms with E-state index in [9.17, 15) is 9.18 Å². The Bertz CT molecular complexity index is 1080. The van der Waals surface area contributed by atoms with Crippen molar-refractivity contribution in [3.63, 3.8) is 0 Å². The fraction of sp³-hybridized carbons (Fsp3) is 0. The Morgan fingerprint density at radius 1 is 0.857 bits per heavy atom. The molecular weight excluding hydrogens is 377 g/mol. The van der Waals surface area contributed by atoms with Crippen LogP contribution in [-0.4, -0.2) is 16.1 Å². The predicted molar refractivity (Wildman–Crippen MR) is 106 cm³/mol. The second-order valence-electron chi connectivity index (χ2n) is 5.81. The van der Waals surface area contributed by atoms with E-state index in [0.29, 0.717) is 27.2 Å². The van der Waals surface area contributed by atoms with Crippen LogP contribution in [0.25, 0.3) is 10.6 Å². The van der Waals surface area contributed by atoms with Crippen LogP contribution in [0.5, 0.6) is 11.5 Å². The van der Waals surface area contributed by atoms with Crippen LogP contribution in [0.15, 0.2) is 78.9 Å². The van der Waals surface area contributed by atoms with Crippen molar-refractivity contribution in [2.75, 3.05) is 5.32 Å². The maximum Gasteiger partial charge on any atom is 0.257 e. The van der Waals surface area contributed by atoms with Gasteiger partial charge in [-0.15, -0.1) is 10.2 Å². The first-order valence-electron chi connectivity index (χ1n) is 8.41. The smallest absolute Gasteiger partial charge is 0.257 e. The molecule has 0 fully saturated rings. The first-order chi connectivity index (χ1) is 13.7. The molecule has 5 nitrogen and oxygen atoms in total. The number of carbonyl (C=O) groups is 1. The van der Waals surface area contributed by atoms with Crippen molar-refractivity contribution in [1.29, 1.82) is 0 Å². The van der Waals surface area contributed by atoms with Gasteiger partial charge < -0.3 is 4.74 Å². The van der Waals surface area contributed by atoms with Crippen LogP contribution in [-0.2, 0) is 0 Å². The molecule has 0 saturated heterocycles. The summed E-state index contributed by atoms with van der Waals surface area (Å²) >= 11 is 1.28. The van der Waals surface area contributed by atoms with Gasteiger partial charge in [0.15, 0.2) is 0 Å². The number of halogens is 1. The minimum atomic E-state index is -0.311. The summed E-state index contributed by atoms with van der Waals surface area (Å²) < 4.78 is 18.6. The zero-order valence-electron chi connectivity index (χ0n) is 14.5. The minimum Gasteiger partial charge on any atom is -0.457 e. The Balaban J connectivity index is 1.43. The molecule has 0 saturated carbocycles. The summed E-state index contributed by atoms with van der Waals surface area (Å²) in [5.41, 5.74) is 1.41. The van der Waals surface area contributed by atoms with E-state index in [1.165, 1.54) is 23.5 Å². The Morgan fingerprint density at radius 3 is 2.18 bits per heavy atom. The summed E-state index contributed by atoms with van der Waals surface area (Å²) in [6.07, 6.45) is 0. The van der Waals surface area contributed by atoms with Crippen LogP contribution in [0.3, 0.4) is 0 Å². The highest BCUT2D eigenvalue weighted by Crippen LogP contribution is 2.29. The first kappa shape index (κ1) is 17.8. The molecule has 138 valence electrons. The Kier molecular flexibility index (Phi) is 5.07. The van der Waals surface area contributed by atoms with Crippen LogP contribution in [0.2, 0.25) is 0 Å². The Hall–Kier alpha value is -3.58. The monoisotopic (exact) mass is 391 g/mol. The maximum atomic E-state index is 13.0. The van der Waals surface area contributed by atoms with Crippen molar-refractivity contribution < 1.29 is 13.9 Å². The third kappa shape index (κ3) is 4.21. The third-order valence-electron chi connectivity index (χ3n) is 3.83. The standard InChI is InChI=1S/C21H14FN3O2S/c22-16-8-12-18(13-9-16)27-17-10-6-15(7-11-17)20-24-25-21(28-20)23-19(26)14-4-2-1-3-5-14/h1-13H,(H,23,25,26). The zero-order valence-corrected chi connectivity index (χ0v) is 15.3. The van der Waals surface area contributed by atoms with Gasteiger partial charge in [-0.3, -0.25) is 10.1 Å². The molecule has 4 aromatic rings. The number of nitrogens with zero attached hydrogens (tertiary/aromatic N) is 2. The minimum absolute atomic E-state index is 0.230. The number of nitrogens with one attached hydrogen (secondary N) is 1. The van der Waals surface area contributed by atoms with Gasteiger partial charge >= 0.3 is 0 Å². The summed E-state index contributed by atoms with van der Waals surface area (Å²) in [6.45, 7) is 0. The van der Waals surface area contributed by atoms with Gasteiger partial charge in [0, 0.05) is 11.1 Å². The van der Waals surface area contributed by atoms with Crippen LogP contribution in [0, 0.1) is 5.82 Å². The van der Waals surface area contributed by atoms with Crippen molar-refractivity contribution in [2.45, 2.75) is 0 Å². The van der Waals surface area contributed by atoms with Crippen molar-refractivity contribution in [3.8, 4) is 22.1 Å². The zero-order chi connectivity index (χ0) is 19.3. The number of amides is 1. The Labute approximate surface area is 164 Å². The van der Waals surface area contributed by atoms with Crippen molar-refractivity contribution in [2.24, 2.45) is 0 Å². The second-order valence-corrected chi connectivity index (χ2v) is 6.79. The summed E-state index contributed by atoms with van der Waals surface area (Å²) in [7, 11) is 0. The normalized spacial score (nSPS) is 10.5. The van der Waals surface area contributed by atoms with E-state index in [1.807, 2.05) is 18.2 Å². The lowest BCUT2D eigenvalue weighted by Crippen LogP contribution is -2.11. The number of ether oxygens (including phenoxy) is 1. The number of hydrogen-bond acceptors (Lipinski definition) is 5. The molecule has 1 N–H and O–H groups in total. The lowest BCUT2D eigenvalue weighted by molar-refractivity contribution is 0.102. The van der Waals surface area contributed by atoms with Gasteiger partial charge in [-0.05, 0) is 60.7 Å². The number of hydrogen-bond donors (Lipinski definition) is 1. The van der Waals surface area contributed by atoms with Crippen molar-refractivity contribution >= 4 is 22.4 Å².